The maximum Gasteiger partial charge on any atom is 0.408 e. The zero-order valence-electron chi connectivity index (χ0n) is 29.4. The number of hydrogen-bond acceptors (Lipinski definition) is 8. The second kappa shape index (κ2) is 16.6. The monoisotopic (exact) mass is 776 g/mol. The van der Waals surface area contributed by atoms with Gasteiger partial charge in [0, 0.05) is 40.4 Å². The van der Waals surface area contributed by atoms with Gasteiger partial charge >= 0.3 is 18.0 Å². The van der Waals surface area contributed by atoms with Gasteiger partial charge in [0.15, 0.2) is 10.6 Å². The van der Waals surface area contributed by atoms with E-state index in [1.165, 1.54) is 23.1 Å². The molecule has 52 heavy (non-hydrogen) atoms. The largest absolute Gasteiger partial charge is 0.611 e. The van der Waals surface area contributed by atoms with Crippen molar-refractivity contribution in [2.24, 2.45) is 0 Å². The van der Waals surface area contributed by atoms with Gasteiger partial charge in [-0.2, -0.15) is 0 Å². The quantitative estimate of drug-likeness (QED) is 0.195. The molecule has 1 fully saturated rings. The summed E-state index contributed by atoms with van der Waals surface area (Å²) in [6, 6.07) is 12.5. The highest BCUT2D eigenvalue weighted by molar-refractivity contribution is 7.91. The van der Waals surface area contributed by atoms with Crippen LogP contribution >= 0.6 is 23.2 Å². The zero-order chi connectivity index (χ0) is 38.5. The SMILES string of the molecule is CC(C)(C)OC(=O)NC(C)(C)C(=O)NC1CCN(C(=O)CC2=C(C(=O)O)C(c3c(Cl)cccc3Cl)C(C(=O)O)=C(C[S@+]([O-])c3ccccc3)N2)CC1. The van der Waals surface area contributed by atoms with Crippen LogP contribution in [0.1, 0.15) is 65.4 Å². The summed E-state index contributed by atoms with van der Waals surface area (Å²) in [7, 11) is 0. The average molecular weight is 778 g/mol. The van der Waals surface area contributed by atoms with Crippen LogP contribution in [-0.2, 0) is 35.1 Å². The number of likely N-dealkylation sites (tertiary alicyclic amines) is 1. The van der Waals surface area contributed by atoms with Crippen LogP contribution in [0, 0.1) is 0 Å². The van der Waals surface area contributed by atoms with Gasteiger partial charge in [-0.15, -0.1) is 0 Å². The van der Waals surface area contributed by atoms with Gasteiger partial charge in [0.25, 0.3) is 0 Å². The number of ether oxygens (including phenoxy) is 1. The molecular formula is C36H42Cl2N4O9S. The molecule has 13 nitrogen and oxygen atoms in total. The molecule has 1 unspecified atom stereocenters. The van der Waals surface area contributed by atoms with Crippen molar-refractivity contribution in [3.05, 3.63) is 86.7 Å². The summed E-state index contributed by atoms with van der Waals surface area (Å²) in [5, 5.41) is 29.4. The minimum absolute atomic E-state index is 0.0136. The van der Waals surface area contributed by atoms with Crippen LogP contribution in [0.3, 0.4) is 0 Å². The fourth-order valence-corrected chi connectivity index (χ4v) is 7.68. The number of nitrogens with zero attached hydrogens (tertiary/aromatic N) is 1. The molecule has 0 radical (unpaired) electrons. The summed E-state index contributed by atoms with van der Waals surface area (Å²) in [5.41, 5.74) is -2.99. The molecule has 0 saturated carbocycles. The van der Waals surface area contributed by atoms with E-state index >= 15 is 0 Å². The third kappa shape index (κ3) is 10.00. The Morgan fingerprint density at radius 3 is 2.00 bits per heavy atom. The molecule has 16 heteroatoms. The number of hydrogen-bond donors (Lipinski definition) is 5. The summed E-state index contributed by atoms with van der Waals surface area (Å²) in [4.78, 5) is 66.9. The Balaban J connectivity index is 1.57. The van der Waals surface area contributed by atoms with Gasteiger partial charge in [-0.1, -0.05) is 47.5 Å². The van der Waals surface area contributed by atoms with E-state index in [9.17, 15) is 38.7 Å². The second-order valence-electron chi connectivity index (χ2n) is 13.9. The lowest BCUT2D eigenvalue weighted by atomic mass is 9.79. The first-order valence-corrected chi connectivity index (χ1v) is 18.5. The number of piperidine rings is 1. The summed E-state index contributed by atoms with van der Waals surface area (Å²) in [6.45, 7) is 8.67. The van der Waals surface area contributed by atoms with Crippen molar-refractivity contribution < 1.29 is 43.5 Å². The van der Waals surface area contributed by atoms with E-state index in [1.54, 1.807) is 65.0 Å². The number of halogens is 2. The van der Waals surface area contributed by atoms with Crippen molar-refractivity contribution in [3.63, 3.8) is 0 Å². The Hall–Kier alpha value is -4.24. The van der Waals surface area contributed by atoms with Crippen LogP contribution < -0.4 is 16.0 Å². The highest BCUT2D eigenvalue weighted by Gasteiger charge is 2.42. The Kier molecular flexibility index (Phi) is 13.0. The van der Waals surface area contributed by atoms with Crippen molar-refractivity contribution >= 4 is 64.2 Å². The molecular weight excluding hydrogens is 735 g/mol. The van der Waals surface area contributed by atoms with Crippen LogP contribution in [-0.4, -0.2) is 85.5 Å². The molecule has 0 aromatic heterocycles. The van der Waals surface area contributed by atoms with E-state index < -0.39 is 75.6 Å². The number of nitrogens with one attached hydrogen (secondary N) is 3. The van der Waals surface area contributed by atoms with Gasteiger partial charge in [-0.05, 0) is 82.9 Å². The smallest absolute Gasteiger partial charge is 0.408 e. The van der Waals surface area contributed by atoms with Crippen molar-refractivity contribution in [1.29, 1.82) is 0 Å². The van der Waals surface area contributed by atoms with Crippen LogP contribution in [0.25, 0.3) is 0 Å². The minimum Gasteiger partial charge on any atom is -0.611 e. The van der Waals surface area contributed by atoms with Crippen LogP contribution in [0.4, 0.5) is 4.79 Å². The first-order valence-electron chi connectivity index (χ1n) is 16.5. The fourth-order valence-electron chi connectivity index (χ4n) is 5.95. The Bertz CT molecular complexity index is 1760. The number of carbonyl (C=O) groups excluding carboxylic acids is 3. The van der Waals surface area contributed by atoms with Gasteiger partial charge in [0.1, 0.15) is 11.1 Å². The molecule has 0 bridgehead atoms. The number of aliphatic carboxylic acids is 2. The lowest BCUT2D eigenvalue weighted by molar-refractivity contribution is -0.134. The molecule has 1 saturated heterocycles. The Labute approximate surface area is 314 Å². The summed E-state index contributed by atoms with van der Waals surface area (Å²) in [5.74, 6) is -5.71. The molecule has 2 aliphatic rings. The van der Waals surface area contributed by atoms with E-state index in [0.29, 0.717) is 17.7 Å². The van der Waals surface area contributed by atoms with E-state index in [2.05, 4.69) is 16.0 Å². The van der Waals surface area contributed by atoms with Crippen molar-refractivity contribution in [2.45, 2.75) is 81.9 Å². The number of carboxylic acids is 2. The van der Waals surface area contributed by atoms with Gasteiger partial charge in [0.2, 0.25) is 11.8 Å². The number of carboxylic acid groups (broad SMARTS) is 2. The molecule has 2 aliphatic heterocycles. The van der Waals surface area contributed by atoms with E-state index in [-0.39, 0.29) is 51.9 Å². The lowest BCUT2D eigenvalue weighted by Crippen LogP contribution is -2.58. The molecule has 4 rings (SSSR count). The number of amides is 3. The highest BCUT2D eigenvalue weighted by Crippen LogP contribution is 2.45. The van der Waals surface area contributed by atoms with Crippen LogP contribution in [0.5, 0.6) is 0 Å². The van der Waals surface area contributed by atoms with Gasteiger partial charge in [-0.25, -0.2) is 14.4 Å². The Morgan fingerprint density at radius 2 is 1.46 bits per heavy atom. The maximum atomic E-state index is 13.8. The molecule has 280 valence electrons. The average Bonchev–Trinajstić information content (AvgIpc) is 3.03. The zero-order valence-corrected chi connectivity index (χ0v) is 31.7. The van der Waals surface area contributed by atoms with Crippen LogP contribution in [0.15, 0.2) is 76.0 Å². The third-order valence-electron chi connectivity index (χ3n) is 8.45. The predicted molar refractivity (Wildman–Crippen MR) is 195 cm³/mol. The van der Waals surface area contributed by atoms with Gasteiger partial charge < -0.3 is 40.4 Å². The summed E-state index contributed by atoms with van der Waals surface area (Å²) in [6.07, 6.45) is -0.447. The van der Waals surface area contributed by atoms with Gasteiger partial charge in [0.05, 0.1) is 29.2 Å². The molecule has 2 aromatic rings. The highest BCUT2D eigenvalue weighted by atomic mass is 35.5. The standard InChI is InChI=1S/C36H42Cl2N4O9S/c1-35(2,3)51-34(49)41-36(4,5)33(48)39-20-14-16-42(17-15-20)26(43)18-24-28(31(44)45)30(27-22(37)12-9-13-23(27)38)29(32(46)47)25(40-24)19-52(50)21-10-7-6-8-11-21/h6-13,20,30,40H,14-19H2,1-5H3,(H,39,48)(H,41,49)(H,44,45)(H,46,47)/t30?,52-/m0/s1. The predicted octanol–water partition coefficient (Wildman–Crippen LogP) is 4.97. The number of alkyl carbamates (subject to hydrolysis) is 1. The topological polar surface area (TPSA) is 197 Å². The fraction of sp³-hybridized carbons (Fsp3) is 0.417. The number of rotatable bonds is 11. The van der Waals surface area contributed by atoms with Crippen molar-refractivity contribution in [1.82, 2.24) is 20.9 Å². The number of benzene rings is 2. The molecule has 2 heterocycles. The summed E-state index contributed by atoms with van der Waals surface area (Å²) < 4.78 is 18.7. The van der Waals surface area contributed by atoms with Crippen molar-refractivity contribution in [3.8, 4) is 0 Å². The second-order valence-corrected chi connectivity index (χ2v) is 16.2. The van der Waals surface area contributed by atoms with E-state index in [0.717, 1.165) is 0 Å². The Morgan fingerprint density at radius 1 is 0.904 bits per heavy atom. The van der Waals surface area contributed by atoms with Crippen LogP contribution in [0.2, 0.25) is 10.0 Å². The first kappa shape index (κ1) is 40.5. The number of carbonyl (C=O) groups is 5. The third-order valence-corrected chi connectivity index (χ3v) is 10.5. The lowest BCUT2D eigenvalue weighted by Gasteiger charge is -2.36. The maximum absolute atomic E-state index is 13.8. The summed E-state index contributed by atoms with van der Waals surface area (Å²) >= 11 is 11.3. The molecule has 2 aromatic carbocycles. The number of dihydropyridines is 1. The molecule has 2 atom stereocenters. The molecule has 0 spiro atoms. The molecule has 3 amide bonds. The normalized spacial score (nSPS) is 17.6. The van der Waals surface area contributed by atoms with E-state index in [4.69, 9.17) is 27.9 Å². The first-order chi connectivity index (χ1) is 24.3. The van der Waals surface area contributed by atoms with E-state index in [1.807, 2.05) is 0 Å². The minimum atomic E-state index is -1.76. The van der Waals surface area contributed by atoms with Crippen molar-refractivity contribution in [2.75, 3.05) is 18.8 Å². The molecule has 5 N–H and O–H groups in total. The van der Waals surface area contributed by atoms with Gasteiger partial charge in [-0.3, -0.25) is 9.59 Å². The molecule has 0 aliphatic carbocycles.